The quantitative estimate of drug-likeness (QED) is 0.614. The van der Waals surface area contributed by atoms with Gasteiger partial charge in [-0.3, -0.25) is 4.79 Å². The Kier molecular flexibility index (Phi) is 6.56. The largest absolute Gasteiger partial charge is 0.479 e. The van der Waals surface area contributed by atoms with Gasteiger partial charge in [-0.2, -0.15) is 0 Å². The van der Waals surface area contributed by atoms with Crippen LogP contribution in [0.4, 0.5) is 11.4 Å². The number of hydrogen-bond donors (Lipinski definition) is 1. The highest BCUT2D eigenvalue weighted by molar-refractivity contribution is 5.91. The lowest BCUT2D eigenvalue weighted by molar-refractivity contribution is -0.116. The first-order chi connectivity index (χ1) is 15.8. The number of ether oxygens (including phenoxy) is 2. The summed E-state index contributed by atoms with van der Waals surface area (Å²) in [5.74, 6) is 0.542. The van der Waals surface area contributed by atoms with Crippen molar-refractivity contribution in [1.29, 1.82) is 0 Å². The van der Waals surface area contributed by atoms with Crippen molar-refractivity contribution >= 4 is 28.3 Å². The molecule has 1 aliphatic heterocycles. The number of fused-ring (bicyclic) bond motifs is 1. The van der Waals surface area contributed by atoms with Gasteiger partial charge in [-0.15, -0.1) is 5.10 Å². The zero-order valence-corrected chi connectivity index (χ0v) is 20.3. The number of benzene rings is 1. The van der Waals surface area contributed by atoms with E-state index in [1.165, 1.54) is 0 Å². The lowest BCUT2D eigenvalue weighted by atomic mass is 10.00. The monoisotopic (exact) mass is 451 g/mol. The molecule has 1 aromatic carbocycles. The predicted molar refractivity (Wildman–Crippen MR) is 130 cm³/mol. The van der Waals surface area contributed by atoms with Crippen LogP contribution < -0.4 is 15.0 Å². The molecule has 1 amide bonds. The van der Waals surface area contributed by atoms with E-state index >= 15 is 0 Å². The van der Waals surface area contributed by atoms with Crippen LogP contribution in [0.25, 0.3) is 11.0 Å². The highest BCUT2D eigenvalue weighted by Crippen LogP contribution is 2.30. The van der Waals surface area contributed by atoms with Gasteiger partial charge < -0.3 is 19.7 Å². The maximum absolute atomic E-state index is 12.7. The molecular weight excluding hydrogens is 418 g/mol. The molecule has 0 aliphatic carbocycles. The van der Waals surface area contributed by atoms with E-state index in [-0.39, 0.29) is 18.1 Å². The molecule has 0 saturated carbocycles. The normalized spacial score (nSPS) is 18.5. The van der Waals surface area contributed by atoms with E-state index in [9.17, 15) is 4.79 Å². The second kappa shape index (κ2) is 9.39. The van der Waals surface area contributed by atoms with Crippen LogP contribution in [0.15, 0.2) is 24.3 Å². The Morgan fingerprint density at radius 2 is 1.85 bits per heavy atom. The number of carbonyl (C=O) groups excluding carboxylic acids is 1. The van der Waals surface area contributed by atoms with Gasteiger partial charge in [0.15, 0.2) is 5.65 Å². The van der Waals surface area contributed by atoms with Gasteiger partial charge in [0.2, 0.25) is 11.8 Å². The molecule has 1 saturated heterocycles. The van der Waals surface area contributed by atoms with Crippen LogP contribution >= 0.6 is 0 Å². The molecule has 2 aromatic heterocycles. The van der Waals surface area contributed by atoms with Gasteiger partial charge in [-0.05, 0) is 69.5 Å². The van der Waals surface area contributed by atoms with Crippen molar-refractivity contribution < 1.29 is 14.3 Å². The molecule has 33 heavy (non-hydrogen) atoms. The fourth-order valence-corrected chi connectivity index (χ4v) is 4.71. The van der Waals surface area contributed by atoms with Crippen molar-refractivity contribution in [3.63, 3.8) is 0 Å². The number of carbonyl (C=O) groups is 1. The maximum Gasteiger partial charge on any atom is 0.242 e. The van der Waals surface area contributed by atoms with Gasteiger partial charge in [0.1, 0.15) is 0 Å². The summed E-state index contributed by atoms with van der Waals surface area (Å²) >= 11 is 0. The van der Waals surface area contributed by atoms with Crippen LogP contribution in [0.3, 0.4) is 0 Å². The summed E-state index contributed by atoms with van der Waals surface area (Å²) in [4.78, 5) is 19.7. The summed E-state index contributed by atoms with van der Waals surface area (Å²) in [7, 11) is 3.47. The number of rotatable bonds is 6. The summed E-state index contributed by atoms with van der Waals surface area (Å²) in [5.41, 5.74) is 5.78. The van der Waals surface area contributed by atoms with Gasteiger partial charge in [-0.25, -0.2) is 9.67 Å². The smallest absolute Gasteiger partial charge is 0.242 e. The zero-order valence-electron chi connectivity index (χ0n) is 20.3. The Bertz CT molecular complexity index is 1150. The number of nitrogens with zero attached hydrogens (tertiary/aromatic N) is 4. The Morgan fingerprint density at radius 3 is 2.48 bits per heavy atom. The number of morpholine rings is 1. The lowest BCUT2D eigenvalue weighted by Gasteiger charge is -2.36. The second-order valence-electron chi connectivity index (χ2n) is 8.89. The van der Waals surface area contributed by atoms with Gasteiger partial charge in [0.05, 0.1) is 24.7 Å². The lowest BCUT2D eigenvalue weighted by Crippen LogP contribution is -2.45. The van der Waals surface area contributed by atoms with Crippen LogP contribution in [0.1, 0.15) is 37.1 Å². The Labute approximate surface area is 194 Å². The first kappa shape index (κ1) is 23.0. The molecule has 8 heteroatoms. The van der Waals surface area contributed by atoms with Gasteiger partial charge >= 0.3 is 0 Å². The number of nitrogens with one attached hydrogen (secondary N) is 1. The number of aromatic nitrogens is 3. The summed E-state index contributed by atoms with van der Waals surface area (Å²) in [5, 5.41) is 8.32. The summed E-state index contributed by atoms with van der Waals surface area (Å²) in [6, 6.07) is 8.04. The third-order valence-electron chi connectivity index (χ3n) is 6.25. The first-order valence-electron chi connectivity index (χ1n) is 11.4. The highest BCUT2D eigenvalue weighted by atomic mass is 16.5. The molecule has 1 N–H and O–H groups in total. The molecule has 176 valence electrons. The predicted octanol–water partition coefficient (Wildman–Crippen LogP) is 3.78. The van der Waals surface area contributed by atoms with E-state index in [4.69, 9.17) is 14.5 Å². The summed E-state index contributed by atoms with van der Waals surface area (Å²) in [6.45, 7) is 9.95. The molecule has 2 unspecified atom stereocenters. The van der Waals surface area contributed by atoms with Crippen molar-refractivity contribution in [2.24, 2.45) is 7.05 Å². The van der Waals surface area contributed by atoms with E-state index in [1.54, 1.807) is 11.8 Å². The van der Waals surface area contributed by atoms with Crippen molar-refractivity contribution in [3.05, 3.63) is 41.1 Å². The van der Waals surface area contributed by atoms with Crippen molar-refractivity contribution in [2.75, 3.05) is 30.4 Å². The molecule has 0 spiro atoms. The van der Waals surface area contributed by atoms with Crippen LogP contribution in [0, 0.1) is 13.8 Å². The number of methoxy groups -OCH3 is 1. The fraction of sp³-hybridized carbons (Fsp3) is 0.480. The topological polar surface area (TPSA) is 81.5 Å². The zero-order chi connectivity index (χ0) is 23.7. The number of anilines is 2. The number of amides is 1. The van der Waals surface area contributed by atoms with Gasteiger partial charge in [0, 0.05) is 43.6 Å². The van der Waals surface area contributed by atoms with Crippen LogP contribution in [0.2, 0.25) is 0 Å². The molecule has 0 bridgehead atoms. The number of hydrogen-bond acceptors (Lipinski definition) is 6. The molecule has 8 nitrogen and oxygen atoms in total. The number of aryl methyl sites for hydroxylation is 3. The Morgan fingerprint density at radius 1 is 1.18 bits per heavy atom. The molecule has 0 radical (unpaired) electrons. The maximum atomic E-state index is 12.7. The van der Waals surface area contributed by atoms with Crippen LogP contribution in [-0.4, -0.2) is 53.1 Å². The van der Waals surface area contributed by atoms with E-state index in [1.807, 2.05) is 33.0 Å². The van der Waals surface area contributed by atoms with Crippen LogP contribution in [0.5, 0.6) is 5.88 Å². The third kappa shape index (κ3) is 4.80. The fourth-order valence-electron chi connectivity index (χ4n) is 4.71. The van der Waals surface area contributed by atoms with Gasteiger partial charge in [-0.1, -0.05) is 0 Å². The minimum Gasteiger partial charge on any atom is -0.479 e. The third-order valence-corrected chi connectivity index (χ3v) is 6.25. The SMILES string of the molecule is COc1nn(C)c2nc(C)c(CCC(=O)Nc3ccc(N4CC(C)OC(C)C4)cc3)c(C)c12. The van der Waals surface area contributed by atoms with E-state index < -0.39 is 0 Å². The van der Waals surface area contributed by atoms with E-state index in [0.717, 1.165) is 52.3 Å². The highest BCUT2D eigenvalue weighted by Gasteiger charge is 2.22. The molecule has 3 aromatic rings. The molecule has 2 atom stereocenters. The molecular formula is C25H33N5O3. The minimum absolute atomic E-state index is 0.0200. The summed E-state index contributed by atoms with van der Waals surface area (Å²) < 4.78 is 13.0. The molecule has 1 aliphatic rings. The Hall–Kier alpha value is -3.13. The van der Waals surface area contributed by atoms with E-state index in [2.05, 4.69) is 41.3 Å². The Balaban J connectivity index is 1.41. The van der Waals surface area contributed by atoms with E-state index in [0.29, 0.717) is 18.7 Å². The van der Waals surface area contributed by atoms with Crippen molar-refractivity contribution in [2.45, 2.75) is 52.7 Å². The summed E-state index contributed by atoms with van der Waals surface area (Å²) in [6.07, 6.45) is 1.39. The van der Waals surface area contributed by atoms with Crippen molar-refractivity contribution in [3.8, 4) is 5.88 Å². The molecule has 3 heterocycles. The number of pyridine rings is 1. The molecule has 1 fully saturated rings. The standard InChI is InChI=1S/C25H33N5O3/c1-15-13-30(14-16(2)33-15)20-9-7-19(8-10-20)27-22(31)12-11-21-17(3)23-24(26-18(21)4)29(5)28-25(23)32-6/h7-10,15-16H,11-14H2,1-6H3,(H,27,31). The van der Waals surface area contributed by atoms with Crippen molar-refractivity contribution in [1.82, 2.24) is 14.8 Å². The average Bonchev–Trinajstić information content (AvgIpc) is 3.09. The average molecular weight is 452 g/mol. The second-order valence-corrected chi connectivity index (χ2v) is 8.89. The van der Waals surface area contributed by atoms with Gasteiger partial charge in [0.25, 0.3) is 0 Å². The van der Waals surface area contributed by atoms with Crippen LogP contribution in [-0.2, 0) is 23.0 Å². The molecule has 4 rings (SSSR count). The minimum atomic E-state index is -0.0200. The first-order valence-corrected chi connectivity index (χ1v) is 11.4.